The molecule has 1 aliphatic carbocycles. The summed E-state index contributed by atoms with van der Waals surface area (Å²) in [4.78, 5) is 4.61. The van der Waals surface area contributed by atoms with Crippen molar-refractivity contribution in [2.24, 2.45) is 4.99 Å². The van der Waals surface area contributed by atoms with E-state index in [9.17, 15) is 0 Å². The fourth-order valence-corrected chi connectivity index (χ4v) is 3.99. The van der Waals surface area contributed by atoms with Crippen LogP contribution in [0, 0.1) is 6.92 Å². The van der Waals surface area contributed by atoms with Crippen molar-refractivity contribution in [2.75, 3.05) is 0 Å². The Hall–Kier alpha value is -2.67. The molecule has 0 aliphatic heterocycles. The molecule has 0 aromatic heterocycles. The maximum absolute atomic E-state index is 4.61. The second-order valence-corrected chi connectivity index (χ2v) is 8.31. The van der Waals surface area contributed by atoms with Crippen molar-refractivity contribution >= 4 is 11.8 Å². The van der Waals surface area contributed by atoms with E-state index in [0.29, 0.717) is 0 Å². The summed E-state index contributed by atoms with van der Waals surface area (Å²) in [6.45, 7) is 19.2. The fourth-order valence-electron chi connectivity index (χ4n) is 3.99. The number of rotatable bonds is 10. The van der Waals surface area contributed by atoms with E-state index in [1.54, 1.807) is 0 Å². The molecule has 0 fully saturated rings. The summed E-state index contributed by atoms with van der Waals surface area (Å²) in [7, 11) is 0. The Morgan fingerprint density at radius 3 is 2.52 bits per heavy atom. The average molecular weight is 414 g/mol. The van der Waals surface area contributed by atoms with Crippen LogP contribution in [0.1, 0.15) is 76.5 Å². The first kappa shape index (κ1) is 24.6. The molecule has 164 valence electrons. The molecule has 0 radical (unpaired) electrons. The molecule has 0 unspecified atom stereocenters. The maximum Gasteiger partial charge on any atom is 0.0434 e. The molecule has 0 atom stereocenters. The minimum atomic E-state index is 0.870. The van der Waals surface area contributed by atoms with Gasteiger partial charge in [0.1, 0.15) is 0 Å². The third-order valence-corrected chi connectivity index (χ3v) is 5.90. The lowest BCUT2D eigenvalue weighted by atomic mass is 9.85. The van der Waals surface area contributed by atoms with Crippen LogP contribution in [0.15, 0.2) is 88.6 Å². The van der Waals surface area contributed by atoms with E-state index in [-0.39, 0.29) is 0 Å². The molecular formula is C30H39N. The Morgan fingerprint density at radius 2 is 1.90 bits per heavy atom. The van der Waals surface area contributed by atoms with Crippen molar-refractivity contribution in [1.82, 2.24) is 0 Å². The first-order valence-electron chi connectivity index (χ1n) is 11.6. The second-order valence-electron chi connectivity index (χ2n) is 8.31. The monoisotopic (exact) mass is 413 g/mol. The van der Waals surface area contributed by atoms with Crippen molar-refractivity contribution in [1.29, 1.82) is 0 Å². The zero-order chi connectivity index (χ0) is 22.8. The van der Waals surface area contributed by atoms with Crippen molar-refractivity contribution in [3.63, 3.8) is 0 Å². The molecule has 0 saturated carbocycles. The molecule has 1 aliphatic rings. The van der Waals surface area contributed by atoms with Crippen LogP contribution in [0.4, 0.5) is 0 Å². The molecule has 31 heavy (non-hydrogen) atoms. The van der Waals surface area contributed by atoms with Gasteiger partial charge in [-0.2, -0.15) is 0 Å². The van der Waals surface area contributed by atoms with Gasteiger partial charge in [0.2, 0.25) is 0 Å². The molecule has 0 amide bonds. The van der Waals surface area contributed by atoms with Gasteiger partial charge in [0.05, 0.1) is 0 Å². The van der Waals surface area contributed by atoms with Gasteiger partial charge in [0.15, 0.2) is 0 Å². The van der Waals surface area contributed by atoms with Gasteiger partial charge in [0.25, 0.3) is 0 Å². The molecule has 0 spiro atoms. The maximum atomic E-state index is 4.61. The summed E-state index contributed by atoms with van der Waals surface area (Å²) in [6.07, 6.45) is 17.0. The molecule has 1 aromatic rings. The summed E-state index contributed by atoms with van der Waals surface area (Å²) in [5.41, 5.74) is 11.4. The van der Waals surface area contributed by atoms with E-state index in [4.69, 9.17) is 0 Å². The third-order valence-electron chi connectivity index (χ3n) is 5.90. The quantitative estimate of drug-likeness (QED) is 0.268. The average Bonchev–Trinajstić information content (AvgIpc) is 2.78. The van der Waals surface area contributed by atoms with Gasteiger partial charge in [-0.15, -0.1) is 0 Å². The molecule has 0 bridgehead atoms. The Labute approximate surface area is 190 Å². The van der Waals surface area contributed by atoms with Crippen molar-refractivity contribution in [3.8, 4) is 0 Å². The van der Waals surface area contributed by atoms with Crippen molar-refractivity contribution in [2.45, 2.75) is 73.1 Å². The van der Waals surface area contributed by atoms with Crippen LogP contribution in [-0.2, 0) is 6.42 Å². The lowest BCUT2D eigenvalue weighted by Crippen LogP contribution is -2.00. The smallest absolute Gasteiger partial charge is 0.0434 e. The third kappa shape index (κ3) is 6.66. The lowest BCUT2D eigenvalue weighted by Gasteiger charge is -2.19. The highest BCUT2D eigenvalue weighted by Crippen LogP contribution is 2.34. The first-order valence-corrected chi connectivity index (χ1v) is 11.6. The Kier molecular flexibility index (Phi) is 9.72. The predicted octanol–water partition coefficient (Wildman–Crippen LogP) is 8.88. The molecule has 0 heterocycles. The predicted molar refractivity (Wildman–Crippen MR) is 140 cm³/mol. The number of nitrogens with zero attached hydrogens (tertiary/aromatic N) is 1. The number of allylic oxidation sites excluding steroid dienone is 10. The van der Waals surface area contributed by atoms with E-state index < -0.39 is 0 Å². The van der Waals surface area contributed by atoms with Crippen LogP contribution >= 0.6 is 0 Å². The van der Waals surface area contributed by atoms with E-state index in [1.807, 2.05) is 19.2 Å². The zero-order valence-corrected chi connectivity index (χ0v) is 20.2. The highest BCUT2D eigenvalue weighted by molar-refractivity contribution is 5.85. The first-order chi connectivity index (χ1) is 14.9. The molecule has 2 rings (SSSR count). The van der Waals surface area contributed by atoms with Crippen molar-refractivity contribution in [3.05, 3.63) is 100 Å². The van der Waals surface area contributed by atoms with Gasteiger partial charge in [-0.1, -0.05) is 81.5 Å². The van der Waals surface area contributed by atoms with Crippen LogP contribution in [-0.4, -0.2) is 6.21 Å². The minimum absolute atomic E-state index is 0.870. The Balaban J connectivity index is 2.36. The van der Waals surface area contributed by atoms with E-state index in [2.05, 4.69) is 82.3 Å². The highest BCUT2D eigenvalue weighted by Gasteiger charge is 2.15. The molecule has 0 saturated heterocycles. The largest absolute Gasteiger partial charge is 0.266 e. The molecule has 0 N–H and O–H groups in total. The summed E-state index contributed by atoms with van der Waals surface area (Å²) < 4.78 is 0. The summed E-state index contributed by atoms with van der Waals surface area (Å²) in [5.74, 6) is 0. The Bertz CT molecular complexity index is 960. The SMILES string of the molecule is C=C/C(Cc1ccc(C2=CCCC=C2C(=C)/C=C(\C)CC)cc1C)=C(/CCC)N=CC. The normalized spacial score (nSPS) is 15.5. The standard InChI is InChI=1S/C30H39N/c1-8-14-30(31-11-4)25(10-3)21-26-17-18-27(20-23(26)6)29-16-13-12-15-28(29)24(7)19-22(5)9-2/h10-11,15-20H,3,7-9,12-14,21H2,1-2,4-6H3/b22-19+,30-25+,31-11?. The van der Waals surface area contributed by atoms with Gasteiger partial charge >= 0.3 is 0 Å². The fraction of sp³-hybridized carbons (Fsp3) is 0.367. The summed E-state index contributed by atoms with van der Waals surface area (Å²) >= 11 is 0. The number of benzene rings is 1. The van der Waals surface area contributed by atoms with Crippen LogP contribution in [0.25, 0.3) is 5.57 Å². The van der Waals surface area contributed by atoms with Crippen molar-refractivity contribution < 1.29 is 0 Å². The minimum Gasteiger partial charge on any atom is -0.266 e. The summed E-state index contributed by atoms with van der Waals surface area (Å²) in [6, 6.07) is 6.87. The number of hydrogen-bond donors (Lipinski definition) is 0. The lowest BCUT2D eigenvalue weighted by molar-refractivity contribution is 0.875. The highest BCUT2D eigenvalue weighted by atomic mass is 14.7. The second kappa shape index (κ2) is 12.2. The Morgan fingerprint density at radius 1 is 1.16 bits per heavy atom. The summed E-state index contributed by atoms with van der Waals surface area (Å²) in [5, 5.41) is 0. The molecule has 1 aromatic carbocycles. The number of aliphatic imine (C=N–C) groups is 1. The van der Waals surface area contributed by atoms with Gasteiger partial charge in [-0.05, 0) is 91.9 Å². The zero-order valence-electron chi connectivity index (χ0n) is 20.2. The van der Waals surface area contributed by atoms with Gasteiger partial charge in [0, 0.05) is 11.9 Å². The van der Waals surface area contributed by atoms with E-state index >= 15 is 0 Å². The van der Waals surface area contributed by atoms with Gasteiger partial charge in [-0.25, -0.2) is 0 Å². The van der Waals surface area contributed by atoms with Crippen LogP contribution in [0.2, 0.25) is 0 Å². The number of aryl methyl sites for hydroxylation is 1. The van der Waals surface area contributed by atoms with E-state index in [1.165, 1.54) is 39.0 Å². The van der Waals surface area contributed by atoms with Gasteiger partial charge in [-0.3, -0.25) is 4.99 Å². The van der Waals surface area contributed by atoms with Crippen LogP contribution in [0.5, 0.6) is 0 Å². The van der Waals surface area contributed by atoms with E-state index in [0.717, 1.165) is 49.8 Å². The molecule has 1 nitrogen and oxygen atoms in total. The van der Waals surface area contributed by atoms with Crippen LogP contribution in [0.3, 0.4) is 0 Å². The topological polar surface area (TPSA) is 12.4 Å². The number of hydrogen-bond acceptors (Lipinski definition) is 1. The molecular weight excluding hydrogens is 374 g/mol. The van der Waals surface area contributed by atoms with Gasteiger partial charge < -0.3 is 0 Å². The van der Waals surface area contributed by atoms with Crippen LogP contribution < -0.4 is 0 Å². The molecule has 1 heteroatoms.